The van der Waals surface area contributed by atoms with Gasteiger partial charge in [0, 0.05) is 40.4 Å². The highest BCUT2D eigenvalue weighted by molar-refractivity contribution is 6.30. The van der Waals surface area contributed by atoms with E-state index in [4.69, 9.17) is 11.6 Å². The number of benzene rings is 1. The van der Waals surface area contributed by atoms with Crippen LogP contribution in [0.1, 0.15) is 22.8 Å². The highest BCUT2D eigenvalue weighted by Crippen LogP contribution is 2.32. The van der Waals surface area contributed by atoms with E-state index in [9.17, 15) is 19.4 Å². The van der Waals surface area contributed by atoms with Crippen LogP contribution >= 0.6 is 11.6 Å². The number of rotatable bonds is 8. The number of aliphatic hydroxyl groups is 2. The Morgan fingerprint density at radius 3 is 2.59 bits per heavy atom. The number of aromatic nitrogens is 2. The minimum atomic E-state index is -0.806. The average Bonchev–Trinajstić information content (AvgIpc) is 2.79. The van der Waals surface area contributed by atoms with Crippen molar-refractivity contribution in [3.8, 4) is 11.3 Å². The topological polar surface area (TPSA) is 107 Å². The predicted octanol–water partition coefficient (Wildman–Crippen LogP) is 3.80. The van der Waals surface area contributed by atoms with Gasteiger partial charge in [-0.05, 0) is 42.8 Å². The molecule has 3 aromatic rings. The maximum absolute atomic E-state index is 14.4. The van der Waals surface area contributed by atoms with Gasteiger partial charge < -0.3 is 20.8 Å². The van der Waals surface area contributed by atoms with Gasteiger partial charge in [-0.2, -0.15) is 0 Å². The molecule has 0 aliphatic rings. The second kappa shape index (κ2) is 10.3. The van der Waals surface area contributed by atoms with Crippen LogP contribution in [0.4, 0.5) is 15.8 Å². The fraction of sp³-hybridized carbons (Fsp3) is 0.174. The fourth-order valence-corrected chi connectivity index (χ4v) is 3.15. The zero-order chi connectivity index (χ0) is 23.3. The molecular weight excluding hydrogens is 435 g/mol. The summed E-state index contributed by atoms with van der Waals surface area (Å²) < 4.78 is 14.4. The number of halogens is 2. The first-order valence-electron chi connectivity index (χ1n) is 9.69. The number of carbonyl (C=O) groups is 1. The second-order valence-electron chi connectivity index (χ2n) is 7.10. The SMILES string of the molecule is C=C(C)c1cnc(-c2cc(Cl)ccc2F)cc1Nc1ccncc1C(=O)NC(CO)CO. The van der Waals surface area contributed by atoms with Gasteiger partial charge in [-0.1, -0.05) is 18.2 Å². The van der Waals surface area contributed by atoms with Crippen LogP contribution in [-0.2, 0) is 0 Å². The summed E-state index contributed by atoms with van der Waals surface area (Å²) in [7, 11) is 0. The molecule has 4 N–H and O–H groups in total. The average molecular weight is 457 g/mol. The van der Waals surface area contributed by atoms with Crippen molar-refractivity contribution in [1.29, 1.82) is 0 Å². The van der Waals surface area contributed by atoms with Crippen LogP contribution in [0.5, 0.6) is 0 Å². The molecule has 1 aromatic carbocycles. The standard InChI is InChI=1S/C23H22ClFN4O3/c1-13(2)17-10-27-21(16-7-14(24)3-4-19(16)25)8-22(17)29-20-5-6-26-9-18(20)23(32)28-15(11-30)12-31/h3-10,15,30-31H,1,11-12H2,2H3,(H,28,32)(H,26,27,29). The van der Waals surface area contributed by atoms with Gasteiger partial charge in [0.1, 0.15) is 5.82 Å². The van der Waals surface area contributed by atoms with Crippen LogP contribution < -0.4 is 10.6 Å². The van der Waals surface area contributed by atoms with Gasteiger partial charge in [0.2, 0.25) is 0 Å². The lowest BCUT2D eigenvalue weighted by Gasteiger charge is -2.18. The largest absolute Gasteiger partial charge is 0.394 e. The van der Waals surface area contributed by atoms with Crippen LogP contribution in [-0.4, -0.2) is 45.3 Å². The summed E-state index contributed by atoms with van der Waals surface area (Å²) in [6, 6.07) is 6.65. The Labute approximate surface area is 189 Å². The molecule has 3 rings (SSSR count). The van der Waals surface area contributed by atoms with E-state index >= 15 is 0 Å². The third-order valence-electron chi connectivity index (χ3n) is 4.68. The molecular formula is C23H22ClFN4O3. The lowest BCUT2D eigenvalue weighted by atomic mass is 10.0. The van der Waals surface area contributed by atoms with Crippen molar-refractivity contribution in [3.63, 3.8) is 0 Å². The molecule has 9 heteroatoms. The van der Waals surface area contributed by atoms with Gasteiger partial charge in [0.25, 0.3) is 5.91 Å². The van der Waals surface area contributed by atoms with E-state index < -0.39 is 31.0 Å². The molecule has 0 aliphatic heterocycles. The van der Waals surface area contributed by atoms with Gasteiger partial charge >= 0.3 is 0 Å². The van der Waals surface area contributed by atoms with E-state index in [0.717, 1.165) is 0 Å². The Morgan fingerprint density at radius 1 is 1.16 bits per heavy atom. The highest BCUT2D eigenvalue weighted by atomic mass is 35.5. The Bertz CT molecular complexity index is 1150. The van der Waals surface area contributed by atoms with E-state index in [1.165, 1.54) is 30.6 Å². The molecule has 0 fully saturated rings. The summed E-state index contributed by atoms with van der Waals surface area (Å²) in [5.74, 6) is -1.00. The summed E-state index contributed by atoms with van der Waals surface area (Å²) >= 11 is 6.03. The van der Waals surface area contributed by atoms with Crippen molar-refractivity contribution >= 4 is 34.5 Å². The molecule has 0 saturated heterocycles. The molecule has 2 heterocycles. The highest BCUT2D eigenvalue weighted by Gasteiger charge is 2.18. The number of carbonyl (C=O) groups excluding carboxylic acids is 1. The normalized spacial score (nSPS) is 10.8. The van der Waals surface area contributed by atoms with Gasteiger partial charge in [-0.25, -0.2) is 4.39 Å². The molecule has 0 aliphatic carbocycles. The maximum atomic E-state index is 14.4. The summed E-state index contributed by atoms with van der Waals surface area (Å²) in [5, 5.41) is 24.6. The Hall–Kier alpha value is -3.33. The molecule has 32 heavy (non-hydrogen) atoms. The van der Waals surface area contributed by atoms with Crippen LogP contribution in [0.3, 0.4) is 0 Å². The Balaban J connectivity index is 2.03. The van der Waals surface area contributed by atoms with Crippen molar-refractivity contribution in [2.45, 2.75) is 13.0 Å². The number of allylic oxidation sites excluding steroid dienone is 1. The van der Waals surface area contributed by atoms with E-state index in [2.05, 4.69) is 27.2 Å². The third kappa shape index (κ3) is 5.28. The second-order valence-corrected chi connectivity index (χ2v) is 7.54. The fourth-order valence-electron chi connectivity index (χ4n) is 2.98. The third-order valence-corrected chi connectivity index (χ3v) is 4.91. The number of amides is 1. The monoisotopic (exact) mass is 456 g/mol. The van der Waals surface area contributed by atoms with Crippen LogP contribution in [0.2, 0.25) is 5.02 Å². The van der Waals surface area contributed by atoms with E-state index in [1.54, 1.807) is 25.3 Å². The molecule has 7 nitrogen and oxygen atoms in total. The molecule has 0 atom stereocenters. The summed E-state index contributed by atoms with van der Waals surface area (Å²) in [6.45, 7) is 4.93. The lowest BCUT2D eigenvalue weighted by Crippen LogP contribution is -2.40. The van der Waals surface area contributed by atoms with Crippen molar-refractivity contribution in [2.24, 2.45) is 0 Å². The minimum absolute atomic E-state index is 0.194. The summed E-state index contributed by atoms with van der Waals surface area (Å²) in [4.78, 5) is 21.0. The van der Waals surface area contributed by atoms with Gasteiger partial charge in [-0.3, -0.25) is 14.8 Å². The smallest absolute Gasteiger partial charge is 0.255 e. The van der Waals surface area contributed by atoms with E-state index in [1.807, 2.05) is 0 Å². The predicted molar refractivity (Wildman–Crippen MR) is 122 cm³/mol. The molecule has 1 amide bonds. The molecule has 0 saturated carbocycles. The van der Waals surface area contributed by atoms with Gasteiger partial charge in [0.15, 0.2) is 0 Å². The quantitative estimate of drug-likeness (QED) is 0.411. The number of nitrogens with one attached hydrogen (secondary N) is 2. The zero-order valence-electron chi connectivity index (χ0n) is 17.3. The lowest BCUT2D eigenvalue weighted by molar-refractivity contribution is 0.0880. The first-order chi connectivity index (χ1) is 15.3. The maximum Gasteiger partial charge on any atom is 0.255 e. The van der Waals surface area contributed by atoms with Crippen molar-refractivity contribution < 1.29 is 19.4 Å². The van der Waals surface area contributed by atoms with Crippen molar-refractivity contribution in [3.05, 3.63) is 77.5 Å². The molecule has 2 aromatic heterocycles. The molecule has 0 unspecified atom stereocenters. The van der Waals surface area contributed by atoms with Crippen LogP contribution in [0.15, 0.2) is 55.5 Å². The van der Waals surface area contributed by atoms with Crippen LogP contribution in [0, 0.1) is 5.82 Å². The van der Waals surface area contributed by atoms with E-state index in [0.29, 0.717) is 33.2 Å². The summed E-state index contributed by atoms with van der Waals surface area (Å²) in [6.07, 6.45) is 4.44. The first kappa shape index (κ1) is 23.3. The van der Waals surface area contributed by atoms with Gasteiger partial charge in [-0.15, -0.1) is 0 Å². The molecule has 0 radical (unpaired) electrons. The number of nitrogens with zero attached hydrogens (tertiary/aromatic N) is 2. The first-order valence-corrected chi connectivity index (χ1v) is 10.1. The van der Waals surface area contributed by atoms with Crippen molar-refractivity contribution in [2.75, 3.05) is 18.5 Å². The number of hydrogen-bond donors (Lipinski definition) is 4. The number of hydrogen-bond acceptors (Lipinski definition) is 6. The zero-order valence-corrected chi connectivity index (χ0v) is 18.0. The minimum Gasteiger partial charge on any atom is -0.394 e. The Kier molecular flexibility index (Phi) is 7.53. The van der Waals surface area contributed by atoms with Crippen molar-refractivity contribution in [1.82, 2.24) is 15.3 Å². The number of aliphatic hydroxyl groups excluding tert-OH is 2. The molecule has 166 valence electrons. The molecule has 0 bridgehead atoms. The van der Waals surface area contributed by atoms with Crippen LogP contribution in [0.25, 0.3) is 16.8 Å². The van der Waals surface area contributed by atoms with Gasteiger partial charge in [0.05, 0.1) is 36.2 Å². The van der Waals surface area contributed by atoms with E-state index in [-0.39, 0.29) is 11.1 Å². The number of pyridine rings is 2. The summed E-state index contributed by atoms with van der Waals surface area (Å²) in [5.41, 5.74) is 3.11. The Morgan fingerprint density at radius 2 is 1.91 bits per heavy atom. The molecule has 0 spiro atoms. The number of anilines is 2.